The number of ketones is 1. The molecule has 0 atom stereocenters. The number of fused-ring (bicyclic) bond motifs is 1. The molecule has 0 amide bonds. The summed E-state index contributed by atoms with van der Waals surface area (Å²) in [6.45, 7) is 1.75. The van der Waals surface area contributed by atoms with E-state index in [1.165, 1.54) is 11.3 Å². The number of thiophene rings is 1. The Morgan fingerprint density at radius 2 is 2.20 bits per heavy atom. The highest BCUT2D eigenvalue weighted by Gasteiger charge is 2.08. The van der Waals surface area contributed by atoms with Gasteiger partial charge in [0.05, 0.1) is 11.3 Å². The van der Waals surface area contributed by atoms with Crippen molar-refractivity contribution in [1.29, 1.82) is 0 Å². The van der Waals surface area contributed by atoms with Crippen LogP contribution >= 0.6 is 11.3 Å². The largest absolute Gasteiger partial charge is 0.292 e. The predicted molar refractivity (Wildman–Crippen MR) is 64.2 cm³/mol. The van der Waals surface area contributed by atoms with Gasteiger partial charge in [-0.15, -0.1) is 17.3 Å². The fourth-order valence-corrected chi connectivity index (χ4v) is 2.38. The van der Waals surface area contributed by atoms with Crippen LogP contribution in [0.2, 0.25) is 0 Å². The summed E-state index contributed by atoms with van der Waals surface area (Å²) in [6, 6.07) is 9.96. The van der Waals surface area contributed by atoms with Crippen molar-refractivity contribution in [2.24, 2.45) is 0 Å². The van der Waals surface area contributed by atoms with Crippen molar-refractivity contribution in [3.8, 4) is 11.8 Å². The van der Waals surface area contributed by atoms with Gasteiger partial charge >= 0.3 is 0 Å². The Morgan fingerprint density at radius 1 is 1.40 bits per heavy atom. The highest BCUT2D eigenvalue weighted by molar-refractivity contribution is 7.20. The summed E-state index contributed by atoms with van der Waals surface area (Å²) in [5.41, 5.74) is 0. The van der Waals surface area contributed by atoms with E-state index < -0.39 is 0 Å². The second-order valence-corrected chi connectivity index (χ2v) is 4.26. The molecule has 2 rings (SSSR count). The average molecular weight is 214 g/mol. The smallest absolute Gasteiger partial charge is 0.184 e. The van der Waals surface area contributed by atoms with Gasteiger partial charge in [-0.25, -0.2) is 0 Å². The third-order valence-corrected chi connectivity index (χ3v) is 3.28. The van der Waals surface area contributed by atoms with Crippen LogP contribution in [0.5, 0.6) is 0 Å². The Hall–Kier alpha value is -1.59. The average Bonchev–Trinajstić information content (AvgIpc) is 2.69. The first-order chi connectivity index (χ1) is 7.31. The van der Waals surface area contributed by atoms with Gasteiger partial charge in [-0.2, -0.15) is 0 Å². The third kappa shape index (κ3) is 2.08. The number of hydrogen-bond donors (Lipinski definition) is 0. The zero-order chi connectivity index (χ0) is 10.7. The topological polar surface area (TPSA) is 17.1 Å². The van der Waals surface area contributed by atoms with Gasteiger partial charge in [0.2, 0.25) is 0 Å². The second kappa shape index (κ2) is 4.29. The fourth-order valence-electron chi connectivity index (χ4n) is 1.38. The Balaban J connectivity index is 2.35. The second-order valence-electron chi connectivity index (χ2n) is 3.18. The highest BCUT2D eigenvalue weighted by atomic mass is 32.1. The molecule has 0 aliphatic carbocycles. The number of carbonyl (C=O) groups is 1. The fraction of sp³-hybridized carbons (Fsp3) is 0.154. The molecular formula is C13H10OS. The van der Waals surface area contributed by atoms with Crippen LogP contribution in [0.25, 0.3) is 10.1 Å². The molecule has 1 nitrogen and oxygen atoms in total. The summed E-state index contributed by atoms with van der Waals surface area (Å²) in [4.78, 5) is 12.5. The van der Waals surface area contributed by atoms with E-state index in [1.54, 1.807) is 6.92 Å². The van der Waals surface area contributed by atoms with Crippen LogP contribution in [0, 0.1) is 11.8 Å². The van der Waals surface area contributed by atoms with Crippen molar-refractivity contribution in [3.63, 3.8) is 0 Å². The van der Waals surface area contributed by atoms with Crippen molar-refractivity contribution in [3.05, 3.63) is 35.2 Å². The Labute approximate surface area is 92.7 Å². The summed E-state index contributed by atoms with van der Waals surface area (Å²) in [6.07, 6.45) is 0.323. The van der Waals surface area contributed by atoms with Gasteiger partial charge in [-0.05, 0) is 24.4 Å². The lowest BCUT2D eigenvalue weighted by Crippen LogP contribution is -1.92. The molecule has 74 valence electrons. The molecule has 0 aliphatic heterocycles. The zero-order valence-electron chi connectivity index (χ0n) is 8.41. The molecule has 0 N–H and O–H groups in total. The molecule has 2 aromatic rings. The summed E-state index contributed by atoms with van der Waals surface area (Å²) < 4.78 is 1.16. The van der Waals surface area contributed by atoms with E-state index in [1.807, 2.05) is 30.3 Å². The SMILES string of the molecule is CC#CCC(=O)c1cc2ccccc2s1. The van der Waals surface area contributed by atoms with Crippen LogP contribution < -0.4 is 0 Å². The molecule has 1 aromatic heterocycles. The van der Waals surface area contributed by atoms with Gasteiger partial charge < -0.3 is 0 Å². The van der Waals surface area contributed by atoms with E-state index in [4.69, 9.17) is 0 Å². The Kier molecular flexibility index (Phi) is 2.84. The summed E-state index contributed by atoms with van der Waals surface area (Å²) in [5, 5.41) is 1.13. The molecule has 1 heterocycles. The molecule has 2 heteroatoms. The number of carbonyl (C=O) groups excluding carboxylic acids is 1. The molecule has 15 heavy (non-hydrogen) atoms. The van der Waals surface area contributed by atoms with Crippen LogP contribution in [-0.4, -0.2) is 5.78 Å². The number of Topliss-reactive ketones (excluding diaryl/α,β-unsaturated/α-hetero) is 1. The lowest BCUT2D eigenvalue weighted by atomic mass is 10.2. The lowest BCUT2D eigenvalue weighted by molar-refractivity contribution is 0.100. The molecule has 0 aliphatic rings. The van der Waals surface area contributed by atoms with Crippen molar-refractivity contribution < 1.29 is 4.79 Å². The minimum absolute atomic E-state index is 0.116. The van der Waals surface area contributed by atoms with Crippen LogP contribution in [0.1, 0.15) is 23.0 Å². The Bertz CT molecular complexity index is 521. The molecule has 0 saturated carbocycles. The van der Waals surface area contributed by atoms with Crippen molar-refractivity contribution >= 4 is 27.2 Å². The van der Waals surface area contributed by atoms with Crippen molar-refractivity contribution in [2.45, 2.75) is 13.3 Å². The quantitative estimate of drug-likeness (QED) is 0.552. The lowest BCUT2D eigenvalue weighted by Gasteiger charge is -1.87. The summed E-state index contributed by atoms with van der Waals surface area (Å²) in [5.74, 6) is 5.65. The van der Waals surface area contributed by atoms with Crippen molar-refractivity contribution in [1.82, 2.24) is 0 Å². The molecule has 1 aromatic carbocycles. The number of benzene rings is 1. The van der Waals surface area contributed by atoms with E-state index >= 15 is 0 Å². The first-order valence-electron chi connectivity index (χ1n) is 4.72. The van der Waals surface area contributed by atoms with Crippen LogP contribution in [-0.2, 0) is 0 Å². The normalized spacial score (nSPS) is 9.67. The highest BCUT2D eigenvalue weighted by Crippen LogP contribution is 2.25. The molecule has 0 fully saturated rings. The van der Waals surface area contributed by atoms with E-state index in [0.717, 1.165) is 15.0 Å². The zero-order valence-corrected chi connectivity index (χ0v) is 9.23. The minimum Gasteiger partial charge on any atom is -0.292 e. The van der Waals surface area contributed by atoms with E-state index in [-0.39, 0.29) is 5.78 Å². The first kappa shape index (κ1) is 9.95. The number of hydrogen-bond acceptors (Lipinski definition) is 2. The maximum absolute atomic E-state index is 11.7. The third-order valence-electron chi connectivity index (χ3n) is 2.13. The molecule has 0 saturated heterocycles. The van der Waals surface area contributed by atoms with Gasteiger partial charge in [-0.3, -0.25) is 4.79 Å². The number of rotatable bonds is 2. The van der Waals surface area contributed by atoms with E-state index in [0.29, 0.717) is 6.42 Å². The molecule has 0 bridgehead atoms. The molecule has 0 spiro atoms. The minimum atomic E-state index is 0.116. The van der Waals surface area contributed by atoms with Crippen LogP contribution in [0.3, 0.4) is 0 Å². The van der Waals surface area contributed by atoms with Gasteiger partial charge in [0.25, 0.3) is 0 Å². The maximum atomic E-state index is 11.7. The summed E-state index contributed by atoms with van der Waals surface area (Å²) in [7, 11) is 0. The summed E-state index contributed by atoms with van der Waals surface area (Å²) >= 11 is 1.54. The van der Waals surface area contributed by atoms with Crippen LogP contribution in [0.15, 0.2) is 30.3 Å². The van der Waals surface area contributed by atoms with E-state index in [9.17, 15) is 4.79 Å². The first-order valence-corrected chi connectivity index (χ1v) is 5.54. The van der Waals surface area contributed by atoms with Gasteiger partial charge in [0.1, 0.15) is 0 Å². The predicted octanol–water partition coefficient (Wildman–Crippen LogP) is 3.50. The maximum Gasteiger partial charge on any atom is 0.184 e. The molecular weight excluding hydrogens is 204 g/mol. The molecule has 0 radical (unpaired) electrons. The van der Waals surface area contributed by atoms with Gasteiger partial charge in [-0.1, -0.05) is 24.1 Å². The van der Waals surface area contributed by atoms with Crippen LogP contribution in [0.4, 0.5) is 0 Å². The molecule has 0 unspecified atom stereocenters. The monoisotopic (exact) mass is 214 g/mol. The van der Waals surface area contributed by atoms with Gasteiger partial charge in [0, 0.05) is 4.70 Å². The van der Waals surface area contributed by atoms with Crippen molar-refractivity contribution in [2.75, 3.05) is 0 Å². The standard InChI is InChI=1S/C13H10OS/c1-2-3-7-11(14)13-9-10-6-4-5-8-12(10)15-13/h4-6,8-9H,7H2,1H3. The van der Waals surface area contributed by atoms with E-state index in [2.05, 4.69) is 11.8 Å². The Morgan fingerprint density at radius 3 is 2.93 bits per heavy atom. The van der Waals surface area contributed by atoms with Gasteiger partial charge in [0.15, 0.2) is 5.78 Å².